The summed E-state index contributed by atoms with van der Waals surface area (Å²) >= 11 is 5.51. The van der Waals surface area contributed by atoms with E-state index in [2.05, 4.69) is 16.9 Å². The third-order valence-corrected chi connectivity index (χ3v) is 1.55. The molecule has 1 N–H and O–H groups in total. The normalized spacial score (nSPS) is 9.50. The van der Waals surface area contributed by atoms with E-state index in [1.165, 1.54) is 18.3 Å². The molecule has 0 spiro atoms. The lowest BCUT2D eigenvalue weighted by molar-refractivity contribution is -0.384. The Hall–Kier alpha value is -1.62. The third-order valence-electron chi connectivity index (χ3n) is 1.42. The molecule has 0 aliphatic heterocycles. The number of pyridine rings is 1. The van der Waals surface area contributed by atoms with E-state index >= 15 is 0 Å². The van der Waals surface area contributed by atoms with Gasteiger partial charge in [0.15, 0.2) is 0 Å². The Bertz CT molecular complexity index is 367. The minimum absolute atomic E-state index is 0.0114. The summed E-state index contributed by atoms with van der Waals surface area (Å²) < 4.78 is 0. The first-order valence-corrected chi connectivity index (χ1v) is 4.15. The number of nitro groups is 1. The smallest absolute Gasteiger partial charge is 0.274 e. The number of hydrogen-bond donors (Lipinski definition) is 1. The predicted molar refractivity (Wildman–Crippen MR) is 54.4 cm³/mol. The summed E-state index contributed by atoms with van der Waals surface area (Å²) in [6, 6.07) is 2.65. The van der Waals surface area contributed by atoms with Crippen LogP contribution in [0.4, 0.5) is 11.5 Å². The molecule has 5 nitrogen and oxygen atoms in total. The average Bonchev–Trinajstić information content (AvgIpc) is 2.15. The molecule has 0 radical (unpaired) electrons. The van der Waals surface area contributed by atoms with Crippen LogP contribution in [0, 0.1) is 10.1 Å². The number of aromatic nitrogens is 1. The monoisotopic (exact) mass is 213 g/mol. The van der Waals surface area contributed by atoms with Crippen molar-refractivity contribution in [2.75, 3.05) is 11.9 Å². The van der Waals surface area contributed by atoms with Gasteiger partial charge in [-0.15, -0.1) is 0 Å². The summed E-state index contributed by atoms with van der Waals surface area (Å²) in [5, 5.41) is 13.6. The van der Waals surface area contributed by atoms with Crippen LogP contribution in [0.1, 0.15) is 0 Å². The fourth-order valence-electron chi connectivity index (χ4n) is 0.816. The lowest BCUT2D eigenvalue weighted by Gasteiger charge is -2.02. The minimum Gasteiger partial charge on any atom is -0.365 e. The van der Waals surface area contributed by atoms with Crippen LogP contribution in [0.25, 0.3) is 0 Å². The van der Waals surface area contributed by atoms with E-state index in [1.807, 2.05) is 0 Å². The summed E-state index contributed by atoms with van der Waals surface area (Å²) in [4.78, 5) is 13.8. The molecule has 0 fully saturated rings. The van der Waals surface area contributed by atoms with Gasteiger partial charge in [-0.2, -0.15) is 0 Å². The number of hydrogen-bond acceptors (Lipinski definition) is 4. The van der Waals surface area contributed by atoms with Crippen molar-refractivity contribution in [3.8, 4) is 0 Å². The number of anilines is 1. The molecule has 0 amide bonds. The van der Waals surface area contributed by atoms with Gasteiger partial charge < -0.3 is 5.32 Å². The Balaban J connectivity index is 2.73. The fourth-order valence-corrected chi connectivity index (χ4v) is 0.883. The van der Waals surface area contributed by atoms with E-state index in [1.54, 1.807) is 0 Å². The van der Waals surface area contributed by atoms with Gasteiger partial charge in [0.05, 0.1) is 17.5 Å². The van der Waals surface area contributed by atoms with Crippen molar-refractivity contribution < 1.29 is 4.92 Å². The standard InChI is InChI=1S/C8H8ClN3O2/c1-6(9)5-11-8-4-7(12(13)14)2-3-10-8/h2-4H,1,5H2,(H,10,11). The van der Waals surface area contributed by atoms with Gasteiger partial charge in [0.25, 0.3) is 5.69 Å². The summed E-state index contributed by atoms with van der Waals surface area (Å²) in [7, 11) is 0. The lowest BCUT2D eigenvalue weighted by atomic mass is 10.4. The van der Waals surface area contributed by atoms with Crippen LogP contribution in [0.5, 0.6) is 0 Å². The topological polar surface area (TPSA) is 68.1 Å². The highest BCUT2D eigenvalue weighted by molar-refractivity contribution is 6.29. The van der Waals surface area contributed by atoms with E-state index in [4.69, 9.17) is 11.6 Å². The Labute approximate surface area is 85.6 Å². The van der Waals surface area contributed by atoms with Crippen molar-refractivity contribution >= 4 is 23.1 Å². The Morgan fingerprint density at radius 3 is 3.07 bits per heavy atom. The van der Waals surface area contributed by atoms with Crippen molar-refractivity contribution in [3.05, 3.63) is 40.1 Å². The van der Waals surface area contributed by atoms with Crippen LogP contribution in [-0.4, -0.2) is 16.5 Å². The molecule has 0 aliphatic carbocycles. The molecule has 14 heavy (non-hydrogen) atoms. The Morgan fingerprint density at radius 1 is 1.79 bits per heavy atom. The second-order valence-corrected chi connectivity index (χ2v) is 3.06. The summed E-state index contributed by atoms with van der Waals surface area (Å²) in [5.74, 6) is 0.404. The maximum Gasteiger partial charge on any atom is 0.274 e. The van der Waals surface area contributed by atoms with Gasteiger partial charge in [-0.3, -0.25) is 10.1 Å². The van der Waals surface area contributed by atoms with Gasteiger partial charge in [0.1, 0.15) is 5.82 Å². The first kappa shape index (κ1) is 10.5. The second kappa shape index (κ2) is 4.57. The van der Waals surface area contributed by atoms with Crippen LogP contribution >= 0.6 is 11.6 Å². The SMILES string of the molecule is C=C(Cl)CNc1cc([N+](=O)[O-])ccn1. The molecule has 0 bridgehead atoms. The molecule has 0 aromatic carbocycles. The van der Waals surface area contributed by atoms with Crippen LogP contribution in [0.15, 0.2) is 29.9 Å². The first-order chi connectivity index (χ1) is 6.59. The number of nitrogens with zero attached hydrogens (tertiary/aromatic N) is 2. The molecule has 0 aliphatic rings. The van der Waals surface area contributed by atoms with Crippen molar-refractivity contribution in [3.63, 3.8) is 0 Å². The first-order valence-electron chi connectivity index (χ1n) is 3.77. The molecule has 6 heteroatoms. The molecule has 74 valence electrons. The maximum atomic E-state index is 10.4. The van der Waals surface area contributed by atoms with Crippen LogP contribution in [0.2, 0.25) is 0 Å². The fraction of sp³-hybridized carbons (Fsp3) is 0.125. The second-order valence-electron chi connectivity index (χ2n) is 2.53. The zero-order valence-electron chi connectivity index (χ0n) is 7.24. The average molecular weight is 214 g/mol. The van der Waals surface area contributed by atoms with Crippen LogP contribution in [-0.2, 0) is 0 Å². The molecular weight excluding hydrogens is 206 g/mol. The predicted octanol–water partition coefficient (Wildman–Crippen LogP) is 2.15. The quantitative estimate of drug-likeness (QED) is 0.615. The highest BCUT2D eigenvalue weighted by Crippen LogP contribution is 2.14. The zero-order valence-corrected chi connectivity index (χ0v) is 7.99. The summed E-state index contributed by atoms with van der Waals surface area (Å²) in [6.07, 6.45) is 1.36. The number of halogens is 1. The van der Waals surface area contributed by atoms with E-state index < -0.39 is 4.92 Å². The molecule has 1 aromatic rings. The van der Waals surface area contributed by atoms with Crippen molar-refractivity contribution in [1.29, 1.82) is 0 Å². The number of rotatable bonds is 4. The van der Waals surface area contributed by atoms with Crippen LogP contribution < -0.4 is 5.32 Å². The Kier molecular flexibility index (Phi) is 3.41. The van der Waals surface area contributed by atoms with Crippen molar-refractivity contribution in [2.24, 2.45) is 0 Å². The minimum atomic E-state index is -0.484. The van der Waals surface area contributed by atoms with E-state index in [-0.39, 0.29) is 5.69 Å². The maximum absolute atomic E-state index is 10.4. The van der Waals surface area contributed by atoms with E-state index in [9.17, 15) is 10.1 Å². The molecule has 1 heterocycles. The van der Waals surface area contributed by atoms with Crippen molar-refractivity contribution in [1.82, 2.24) is 4.98 Å². The van der Waals surface area contributed by atoms with Gasteiger partial charge in [-0.1, -0.05) is 18.2 Å². The molecule has 0 saturated carbocycles. The van der Waals surface area contributed by atoms with E-state index in [0.29, 0.717) is 17.4 Å². The van der Waals surface area contributed by atoms with Gasteiger partial charge in [0.2, 0.25) is 0 Å². The summed E-state index contributed by atoms with van der Waals surface area (Å²) in [5.41, 5.74) is -0.0114. The lowest BCUT2D eigenvalue weighted by Crippen LogP contribution is -2.03. The molecule has 1 aromatic heterocycles. The third kappa shape index (κ3) is 3.02. The van der Waals surface area contributed by atoms with Gasteiger partial charge >= 0.3 is 0 Å². The number of nitrogens with one attached hydrogen (secondary N) is 1. The molecule has 0 atom stereocenters. The van der Waals surface area contributed by atoms with Gasteiger partial charge in [0, 0.05) is 17.3 Å². The molecule has 0 unspecified atom stereocenters. The van der Waals surface area contributed by atoms with Gasteiger partial charge in [-0.05, 0) is 0 Å². The highest BCUT2D eigenvalue weighted by atomic mass is 35.5. The zero-order chi connectivity index (χ0) is 10.6. The Morgan fingerprint density at radius 2 is 2.50 bits per heavy atom. The van der Waals surface area contributed by atoms with Crippen molar-refractivity contribution in [2.45, 2.75) is 0 Å². The summed E-state index contributed by atoms with van der Waals surface area (Å²) in [6.45, 7) is 3.80. The van der Waals surface area contributed by atoms with E-state index in [0.717, 1.165) is 0 Å². The molecular formula is C8H8ClN3O2. The molecule has 0 saturated heterocycles. The largest absolute Gasteiger partial charge is 0.365 e. The van der Waals surface area contributed by atoms with Gasteiger partial charge in [-0.25, -0.2) is 4.98 Å². The molecule has 1 rings (SSSR count). The highest BCUT2D eigenvalue weighted by Gasteiger charge is 2.05. The van der Waals surface area contributed by atoms with Crippen LogP contribution in [0.3, 0.4) is 0 Å².